The van der Waals surface area contributed by atoms with Crippen LogP contribution in [0.25, 0.3) is 11.2 Å². The molecule has 0 N–H and O–H groups in total. The minimum Gasteiger partial charge on any atom is -0.427 e. The number of hydrogen-bond donors (Lipinski definition) is 0. The third-order valence-electron chi connectivity index (χ3n) is 6.14. The first kappa shape index (κ1) is 28.5. The van der Waals surface area contributed by atoms with Crippen LogP contribution in [0, 0.1) is 0 Å². The molecule has 200 valence electrons. The van der Waals surface area contributed by atoms with Crippen molar-refractivity contribution in [1.29, 1.82) is 0 Å². The Hall–Kier alpha value is -4.02. The number of fused-ring (bicyclic) bond motifs is 1. The lowest BCUT2D eigenvalue weighted by Crippen LogP contribution is -2.37. The van der Waals surface area contributed by atoms with Gasteiger partial charge in [-0.05, 0) is 36.2 Å². The molecule has 0 aliphatic carbocycles. The van der Waals surface area contributed by atoms with Crippen LogP contribution in [0.2, 0.25) is 0 Å². The Morgan fingerprint density at radius 3 is 2.32 bits per heavy atom. The Morgan fingerprint density at radius 2 is 1.66 bits per heavy atom. The van der Waals surface area contributed by atoms with Gasteiger partial charge in [-0.2, -0.15) is 0 Å². The zero-order valence-corrected chi connectivity index (χ0v) is 22.3. The first-order valence-corrected chi connectivity index (χ1v) is 11.9. The molecule has 0 fully saturated rings. The number of aryl methyl sites for hydroxylation is 2. The second-order valence-corrected chi connectivity index (χ2v) is 8.91. The second kappa shape index (κ2) is 12.5. The van der Waals surface area contributed by atoms with Crippen LogP contribution in [0.3, 0.4) is 0 Å². The van der Waals surface area contributed by atoms with Crippen LogP contribution in [0.4, 0.5) is 0 Å². The summed E-state index contributed by atoms with van der Waals surface area (Å²) in [6, 6.07) is 16.4. The van der Waals surface area contributed by atoms with Crippen molar-refractivity contribution in [2.75, 3.05) is 13.1 Å². The van der Waals surface area contributed by atoms with Crippen molar-refractivity contribution in [3.8, 4) is 5.75 Å². The highest BCUT2D eigenvalue weighted by atomic mass is 35.5. The fourth-order valence-electron chi connectivity index (χ4n) is 4.26. The highest BCUT2D eigenvalue weighted by Gasteiger charge is 2.16. The fourth-order valence-corrected chi connectivity index (χ4v) is 4.26. The number of halogens is 1. The number of esters is 1. The van der Waals surface area contributed by atoms with Gasteiger partial charge in [-0.1, -0.05) is 30.3 Å². The summed E-state index contributed by atoms with van der Waals surface area (Å²) in [5.41, 5.74) is 1.53. The Bertz CT molecular complexity index is 1540. The van der Waals surface area contributed by atoms with Gasteiger partial charge in [0.05, 0.1) is 12.9 Å². The number of carbonyl (C=O) groups excluding carboxylic acids is 2. The number of aromatic nitrogens is 4. The van der Waals surface area contributed by atoms with Crippen molar-refractivity contribution < 1.29 is 14.3 Å². The predicted molar refractivity (Wildman–Crippen MR) is 146 cm³/mol. The lowest BCUT2D eigenvalue weighted by atomic mass is 10.1. The fraction of sp³-hybridized carbons (Fsp3) is 0.296. The van der Waals surface area contributed by atoms with Crippen LogP contribution in [-0.4, -0.2) is 48.4 Å². The van der Waals surface area contributed by atoms with Crippen LogP contribution in [0.5, 0.6) is 5.75 Å². The van der Waals surface area contributed by atoms with Crippen molar-refractivity contribution in [3.63, 3.8) is 0 Å². The minimum atomic E-state index is -0.420. The van der Waals surface area contributed by atoms with Crippen molar-refractivity contribution in [2.24, 2.45) is 14.1 Å². The molecule has 0 bridgehead atoms. The molecule has 11 heteroatoms. The second-order valence-electron chi connectivity index (χ2n) is 8.91. The molecule has 0 saturated heterocycles. The Morgan fingerprint density at radius 1 is 0.974 bits per heavy atom. The summed E-state index contributed by atoms with van der Waals surface area (Å²) in [5, 5.41) is 0. The van der Waals surface area contributed by atoms with E-state index >= 15 is 0 Å². The van der Waals surface area contributed by atoms with Gasteiger partial charge in [0.15, 0.2) is 16.9 Å². The van der Waals surface area contributed by atoms with Gasteiger partial charge in [-0.15, -0.1) is 12.4 Å². The van der Waals surface area contributed by atoms with Crippen molar-refractivity contribution >= 4 is 35.3 Å². The van der Waals surface area contributed by atoms with Gasteiger partial charge in [0, 0.05) is 46.2 Å². The quantitative estimate of drug-likeness (QED) is 0.173. The molecule has 38 heavy (non-hydrogen) atoms. The van der Waals surface area contributed by atoms with Crippen molar-refractivity contribution in [2.45, 2.75) is 26.4 Å². The van der Waals surface area contributed by atoms with Crippen molar-refractivity contribution in [1.82, 2.24) is 23.6 Å². The predicted octanol–water partition coefficient (Wildman–Crippen LogP) is 2.56. The van der Waals surface area contributed by atoms with E-state index in [1.54, 1.807) is 42.2 Å². The van der Waals surface area contributed by atoms with Gasteiger partial charge in [0.1, 0.15) is 5.75 Å². The number of hydrogen-bond acceptors (Lipinski definition) is 7. The average molecular weight is 540 g/mol. The van der Waals surface area contributed by atoms with Crippen LogP contribution in [0.1, 0.15) is 29.3 Å². The van der Waals surface area contributed by atoms with Crippen LogP contribution in [0.15, 0.2) is 70.5 Å². The molecule has 10 nitrogen and oxygen atoms in total. The van der Waals surface area contributed by atoms with E-state index in [0.717, 1.165) is 10.1 Å². The third-order valence-corrected chi connectivity index (χ3v) is 6.14. The van der Waals surface area contributed by atoms with E-state index in [-0.39, 0.29) is 30.3 Å². The van der Waals surface area contributed by atoms with E-state index in [9.17, 15) is 19.2 Å². The molecule has 4 rings (SSSR count). The monoisotopic (exact) mass is 539 g/mol. The zero-order valence-electron chi connectivity index (χ0n) is 21.5. The molecule has 2 aromatic heterocycles. The maximum atomic E-state index is 13.1. The molecule has 0 spiro atoms. The van der Waals surface area contributed by atoms with E-state index in [0.29, 0.717) is 48.5 Å². The first-order valence-electron chi connectivity index (χ1n) is 11.9. The topological polar surface area (TPSA) is 108 Å². The van der Waals surface area contributed by atoms with Crippen molar-refractivity contribution in [3.05, 3.63) is 92.9 Å². The van der Waals surface area contributed by atoms with Crippen LogP contribution in [-0.2, 0) is 32.0 Å². The lowest BCUT2D eigenvalue weighted by molar-refractivity contribution is -0.131. The molecule has 0 unspecified atom stereocenters. The zero-order chi connectivity index (χ0) is 26.5. The highest BCUT2D eigenvalue weighted by molar-refractivity contribution is 5.97. The molecule has 0 atom stereocenters. The van der Waals surface area contributed by atoms with Crippen LogP contribution < -0.4 is 16.0 Å². The number of imidazole rings is 1. The van der Waals surface area contributed by atoms with E-state index in [2.05, 4.69) is 9.88 Å². The highest BCUT2D eigenvalue weighted by Crippen LogP contribution is 2.15. The maximum absolute atomic E-state index is 13.1. The number of rotatable bonds is 10. The molecule has 0 saturated carbocycles. The van der Waals surface area contributed by atoms with Crippen LogP contribution >= 0.6 is 12.4 Å². The Labute approximate surface area is 225 Å². The summed E-state index contributed by atoms with van der Waals surface area (Å²) in [7, 11) is 3.04. The molecular weight excluding hydrogens is 510 g/mol. The summed E-state index contributed by atoms with van der Waals surface area (Å²) in [4.78, 5) is 55.4. The van der Waals surface area contributed by atoms with E-state index in [1.165, 1.54) is 18.5 Å². The number of Topliss-reactive ketones (excluding diaryl/α,β-unsaturated/α-hetero) is 1. The van der Waals surface area contributed by atoms with Gasteiger partial charge < -0.3 is 9.30 Å². The number of ether oxygens (including phenoxy) is 1. The molecule has 2 aromatic carbocycles. The van der Waals surface area contributed by atoms with Gasteiger partial charge in [-0.3, -0.25) is 28.4 Å². The van der Waals surface area contributed by atoms with Gasteiger partial charge >= 0.3 is 11.7 Å². The first-order chi connectivity index (χ1) is 17.7. The summed E-state index contributed by atoms with van der Waals surface area (Å²) in [6.45, 7) is 3.20. The molecule has 0 aliphatic heterocycles. The lowest BCUT2D eigenvalue weighted by Gasteiger charge is -2.22. The van der Waals surface area contributed by atoms with Gasteiger partial charge in [0.25, 0.3) is 5.56 Å². The number of nitrogens with zero attached hydrogens (tertiary/aromatic N) is 5. The van der Waals surface area contributed by atoms with E-state index < -0.39 is 11.7 Å². The minimum absolute atomic E-state index is 0. The molecule has 0 radical (unpaired) electrons. The Kier molecular flexibility index (Phi) is 9.38. The molecule has 0 aliphatic rings. The summed E-state index contributed by atoms with van der Waals surface area (Å²) >= 11 is 0. The number of carbonyl (C=O) groups is 2. The van der Waals surface area contributed by atoms with Gasteiger partial charge in [0.2, 0.25) is 0 Å². The molecular formula is C27H30ClN5O5. The standard InChI is InChI=1S/C27H29N5O5.ClH/c1-19(33)37-22-12-10-21(11-13-22)23(34)17-31(16-20-8-5-4-6-9-20)14-7-15-32-18-28-25-24(32)26(35)30(3)27(36)29(25)2;/h4-6,8-13,18H,7,14-17H2,1-3H3;1H. The van der Waals surface area contributed by atoms with E-state index in [1.807, 2.05) is 30.3 Å². The summed E-state index contributed by atoms with van der Waals surface area (Å²) < 4.78 is 9.24. The number of ketones is 1. The molecule has 4 aromatic rings. The third kappa shape index (κ3) is 6.45. The molecule has 0 amide bonds. The maximum Gasteiger partial charge on any atom is 0.332 e. The average Bonchev–Trinajstić information content (AvgIpc) is 3.31. The normalized spacial score (nSPS) is 10.9. The largest absolute Gasteiger partial charge is 0.427 e. The van der Waals surface area contributed by atoms with E-state index in [4.69, 9.17) is 4.74 Å². The Balaban J connectivity index is 0.00000400. The van der Waals surface area contributed by atoms with Gasteiger partial charge in [-0.25, -0.2) is 9.78 Å². The summed E-state index contributed by atoms with van der Waals surface area (Å²) in [6.07, 6.45) is 2.23. The SMILES string of the molecule is CC(=O)Oc1ccc(C(=O)CN(CCCn2cnc3c2c(=O)n(C)c(=O)n3C)Cc2ccccc2)cc1.Cl. The smallest absolute Gasteiger partial charge is 0.332 e. The number of benzene rings is 2. The summed E-state index contributed by atoms with van der Waals surface area (Å²) in [5.74, 6) is -0.0810. The molecule has 2 heterocycles.